The van der Waals surface area contributed by atoms with Crippen LogP contribution in [0.1, 0.15) is 69.5 Å². The molecule has 1 fully saturated rings. The van der Waals surface area contributed by atoms with Crippen LogP contribution in [-0.4, -0.2) is 9.97 Å². The molecule has 0 aliphatic heterocycles. The molecule has 257 valence electrons. The zero-order valence-electron chi connectivity index (χ0n) is 33.3. The summed E-state index contributed by atoms with van der Waals surface area (Å²) >= 11 is 0. The van der Waals surface area contributed by atoms with Gasteiger partial charge in [0.2, 0.25) is 0 Å². The Kier molecular flexibility index (Phi) is 8.14. The molecule has 0 atom stereocenters. The smallest absolute Gasteiger partial charge is 0.121 e. The summed E-state index contributed by atoms with van der Waals surface area (Å²) in [6.45, 7) is 6.36. The number of nitrogens with zero attached hydrogens (tertiary/aromatic N) is 2. The molecule has 1 saturated carbocycles. The van der Waals surface area contributed by atoms with E-state index < -0.39 is 12.7 Å². The van der Waals surface area contributed by atoms with Gasteiger partial charge in [0, 0.05) is 43.4 Å². The molecule has 1 aliphatic rings. The average Bonchev–Trinajstić information content (AvgIpc) is 3.50. The van der Waals surface area contributed by atoms with Crippen LogP contribution in [0.3, 0.4) is 0 Å². The molecular formula is C47H42IrN2O-2. The summed E-state index contributed by atoms with van der Waals surface area (Å²) < 4.78 is 41.2. The van der Waals surface area contributed by atoms with Crippen LogP contribution in [0.2, 0.25) is 0 Å². The van der Waals surface area contributed by atoms with Crippen molar-refractivity contribution in [2.45, 2.75) is 59.7 Å². The molecule has 0 N–H and O–H groups in total. The van der Waals surface area contributed by atoms with E-state index in [0.717, 1.165) is 44.8 Å². The molecular weight excluding hydrogens is 801 g/mol. The number of furan rings is 1. The van der Waals surface area contributed by atoms with E-state index in [1.807, 2.05) is 66.7 Å². The van der Waals surface area contributed by atoms with Crippen LogP contribution in [-0.2, 0) is 20.1 Å². The number of hydrogen-bond acceptors (Lipinski definition) is 3. The van der Waals surface area contributed by atoms with Crippen LogP contribution in [0.25, 0.3) is 66.0 Å². The zero-order chi connectivity index (χ0) is 37.9. The third kappa shape index (κ3) is 7.01. The summed E-state index contributed by atoms with van der Waals surface area (Å²) in [5, 5.41) is 6.59. The van der Waals surface area contributed by atoms with Crippen LogP contribution >= 0.6 is 0 Å². The minimum atomic E-state index is -2.38. The predicted octanol–water partition coefficient (Wildman–Crippen LogP) is 12.9. The fraction of sp³-hybridized carbons (Fsp3) is 0.234. The number of rotatable bonds is 3. The Morgan fingerprint density at radius 3 is 2.27 bits per heavy atom. The molecule has 5 aromatic carbocycles. The number of benzene rings is 5. The van der Waals surface area contributed by atoms with E-state index in [9.17, 15) is 1.37 Å². The predicted molar refractivity (Wildman–Crippen MR) is 208 cm³/mol. The first-order valence-corrected chi connectivity index (χ1v) is 17.3. The van der Waals surface area contributed by atoms with Gasteiger partial charge in [0.15, 0.2) is 0 Å². The molecule has 9 rings (SSSR count). The van der Waals surface area contributed by atoms with Gasteiger partial charge in [0.05, 0.1) is 5.58 Å². The topological polar surface area (TPSA) is 38.9 Å². The summed E-state index contributed by atoms with van der Waals surface area (Å²) in [6, 6.07) is 42.8. The summed E-state index contributed by atoms with van der Waals surface area (Å²) in [5.74, 6) is -1.06. The quantitative estimate of drug-likeness (QED) is 0.131. The van der Waals surface area contributed by atoms with Crippen molar-refractivity contribution >= 4 is 43.5 Å². The monoisotopic (exact) mass is 847 g/mol. The maximum atomic E-state index is 9.74. The number of aryl methyl sites for hydroxylation is 1. The second-order valence-electron chi connectivity index (χ2n) is 15.1. The van der Waals surface area contributed by atoms with Gasteiger partial charge >= 0.3 is 0 Å². The second-order valence-corrected chi connectivity index (χ2v) is 15.1. The van der Waals surface area contributed by atoms with E-state index in [1.54, 1.807) is 6.20 Å². The first kappa shape index (κ1) is 30.0. The van der Waals surface area contributed by atoms with Crippen LogP contribution in [0.5, 0.6) is 0 Å². The third-order valence-electron chi connectivity index (χ3n) is 9.83. The van der Waals surface area contributed by atoms with Crippen molar-refractivity contribution in [2.24, 2.45) is 10.8 Å². The minimum Gasteiger partial charge on any atom is -0.501 e. The molecule has 0 bridgehead atoms. The van der Waals surface area contributed by atoms with E-state index in [0.29, 0.717) is 35.2 Å². The first-order valence-electron chi connectivity index (χ1n) is 19.3. The second kappa shape index (κ2) is 13.8. The van der Waals surface area contributed by atoms with Crippen molar-refractivity contribution in [1.29, 1.82) is 0 Å². The van der Waals surface area contributed by atoms with Gasteiger partial charge in [0.1, 0.15) is 5.58 Å². The van der Waals surface area contributed by atoms with Crippen molar-refractivity contribution in [3.05, 3.63) is 145 Å². The number of pyridine rings is 2. The Morgan fingerprint density at radius 1 is 0.725 bits per heavy atom. The van der Waals surface area contributed by atoms with Gasteiger partial charge in [-0.2, -0.15) is 0 Å². The van der Waals surface area contributed by atoms with E-state index in [-0.39, 0.29) is 36.5 Å². The average molecular weight is 847 g/mol. The minimum absolute atomic E-state index is 0. The van der Waals surface area contributed by atoms with Gasteiger partial charge in [-0.05, 0) is 105 Å². The van der Waals surface area contributed by atoms with E-state index >= 15 is 0 Å². The van der Waals surface area contributed by atoms with Crippen molar-refractivity contribution in [1.82, 2.24) is 9.97 Å². The molecule has 0 saturated heterocycles. The molecule has 3 aromatic heterocycles. The van der Waals surface area contributed by atoms with Crippen molar-refractivity contribution in [2.75, 3.05) is 0 Å². The van der Waals surface area contributed by atoms with Gasteiger partial charge in [0.25, 0.3) is 0 Å². The van der Waals surface area contributed by atoms with E-state index in [1.165, 1.54) is 17.0 Å². The fourth-order valence-electron chi connectivity index (χ4n) is 8.22. The van der Waals surface area contributed by atoms with Gasteiger partial charge in [-0.1, -0.05) is 93.2 Å². The Bertz CT molecular complexity index is 2600. The first-order chi connectivity index (χ1) is 25.7. The molecule has 4 heteroatoms. The van der Waals surface area contributed by atoms with E-state index in [4.69, 9.17) is 8.53 Å². The maximum absolute atomic E-state index is 9.74. The Balaban J connectivity index is 0.000000305. The number of hydrogen-bond donors (Lipinski definition) is 0. The molecule has 3 heterocycles. The van der Waals surface area contributed by atoms with Crippen molar-refractivity contribution < 1.29 is 30.0 Å². The zero-order valence-corrected chi connectivity index (χ0v) is 31.7. The summed E-state index contributed by atoms with van der Waals surface area (Å²) in [6.07, 6.45) is 5.38. The third-order valence-corrected chi connectivity index (χ3v) is 9.83. The molecule has 0 amide bonds. The van der Waals surface area contributed by atoms with Gasteiger partial charge in [-0.3, -0.25) is 0 Å². The molecule has 51 heavy (non-hydrogen) atoms. The number of aromatic nitrogens is 2. The Labute approximate surface area is 320 Å². The Hall–Kier alpha value is -4.63. The standard InChI is InChI=1S/C36H34NO.C11H8N.Ir/c1-22-20-37-32(16-29(22)25-18-35(2,3)21-36(4,5)19-25)28-12-8-11-27-31-15-24-14-13-23-9-6-7-10-26(23)30(24)17-33(31)38-34(27)28;1-2-6-10(7-3-1)11-8-4-5-9-12-11;/h6-11,13-17,20,25H,18-19,21H2,1-5H3;1-6,8-9H;/q2*-1;/i1D3,25D;;. The molecule has 8 aromatic rings. The molecule has 0 unspecified atom stereocenters. The van der Waals surface area contributed by atoms with Crippen LogP contribution in [0.4, 0.5) is 0 Å². The summed E-state index contributed by atoms with van der Waals surface area (Å²) in [4.78, 5) is 8.87. The largest absolute Gasteiger partial charge is 0.501 e. The molecule has 1 radical (unpaired) electrons. The Morgan fingerprint density at radius 2 is 1.51 bits per heavy atom. The van der Waals surface area contributed by atoms with Crippen molar-refractivity contribution in [3.63, 3.8) is 0 Å². The van der Waals surface area contributed by atoms with Gasteiger partial charge in [-0.25, -0.2) is 0 Å². The van der Waals surface area contributed by atoms with Gasteiger partial charge < -0.3 is 14.4 Å². The molecule has 1 aliphatic carbocycles. The normalized spacial score (nSPS) is 17.4. The van der Waals surface area contributed by atoms with Crippen LogP contribution in [0, 0.1) is 29.8 Å². The summed E-state index contributed by atoms with van der Waals surface area (Å²) in [7, 11) is 0. The molecule has 0 spiro atoms. The van der Waals surface area contributed by atoms with Crippen LogP contribution < -0.4 is 0 Å². The van der Waals surface area contributed by atoms with E-state index in [2.05, 4.69) is 92.3 Å². The van der Waals surface area contributed by atoms with Crippen molar-refractivity contribution in [3.8, 4) is 22.5 Å². The maximum Gasteiger partial charge on any atom is 0.121 e. The fourth-order valence-corrected chi connectivity index (χ4v) is 8.22. The summed E-state index contributed by atoms with van der Waals surface area (Å²) in [5.41, 5.74) is 5.19. The number of fused-ring (bicyclic) bond motifs is 6. The van der Waals surface area contributed by atoms with Gasteiger partial charge in [-0.15, -0.1) is 54.1 Å². The van der Waals surface area contributed by atoms with Crippen LogP contribution in [0.15, 0.2) is 126 Å². The SMILES string of the molecule is [2H]C([2H])([2H])c1cnc(-c2[c-]ccc3c2oc2cc4c(ccc5ccccc54)cc23)cc1C1([2H])CC(C)(C)CC(C)(C)C1.[Ir].[c-]1ccccc1-c1ccccn1. The molecule has 3 nitrogen and oxygen atoms in total.